The summed E-state index contributed by atoms with van der Waals surface area (Å²) in [5.41, 5.74) is 2.58. The molecule has 1 aromatic carbocycles. The van der Waals surface area contributed by atoms with Gasteiger partial charge in [-0.25, -0.2) is 0 Å². The number of nitrogens with one attached hydrogen (secondary N) is 1. The lowest BCUT2D eigenvalue weighted by molar-refractivity contribution is 0.00821. The van der Waals surface area contributed by atoms with Crippen LogP contribution in [0.25, 0.3) is 0 Å². The Labute approximate surface area is 83.7 Å². The van der Waals surface area contributed by atoms with Crippen LogP contribution in [0.3, 0.4) is 0 Å². The molecular weight excluding hydrogens is 176 g/mol. The quantitative estimate of drug-likeness (QED) is 0.722. The first-order valence-electron chi connectivity index (χ1n) is 5.12. The summed E-state index contributed by atoms with van der Waals surface area (Å²) < 4.78 is 5.24. The predicted octanol–water partition coefficient (Wildman–Crippen LogP) is 1.32. The molecule has 2 heterocycles. The van der Waals surface area contributed by atoms with Crippen LogP contribution in [0, 0.1) is 0 Å². The van der Waals surface area contributed by atoms with Gasteiger partial charge in [0.15, 0.2) is 0 Å². The zero-order valence-corrected chi connectivity index (χ0v) is 8.07. The first-order chi connectivity index (χ1) is 6.95. The second-order valence-electron chi connectivity index (χ2n) is 3.83. The Balaban J connectivity index is 1.93. The summed E-state index contributed by atoms with van der Waals surface area (Å²) in [4.78, 5) is 2.45. The lowest BCUT2D eigenvalue weighted by atomic mass is 10.1. The number of para-hydroxylation sites is 2. The van der Waals surface area contributed by atoms with Gasteiger partial charge < -0.3 is 15.0 Å². The van der Waals surface area contributed by atoms with Gasteiger partial charge in [0, 0.05) is 13.1 Å². The highest BCUT2D eigenvalue weighted by molar-refractivity contribution is 5.72. The molecule has 0 saturated carbocycles. The Hall–Kier alpha value is -1.22. The van der Waals surface area contributed by atoms with Gasteiger partial charge in [-0.1, -0.05) is 12.1 Å². The minimum absolute atomic E-state index is 0.596. The van der Waals surface area contributed by atoms with Crippen LogP contribution in [0.2, 0.25) is 0 Å². The van der Waals surface area contributed by atoms with E-state index in [1.165, 1.54) is 11.4 Å². The highest BCUT2D eigenvalue weighted by Crippen LogP contribution is 2.31. The maximum absolute atomic E-state index is 5.24. The minimum atomic E-state index is 0.596. The number of fused-ring (bicyclic) bond motifs is 1. The highest BCUT2D eigenvalue weighted by Gasteiger charge is 2.28. The molecular formula is C11H14N2O. The van der Waals surface area contributed by atoms with Gasteiger partial charge in [-0.15, -0.1) is 0 Å². The number of anilines is 2. The summed E-state index contributed by atoms with van der Waals surface area (Å²) in [6.45, 7) is 3.89. The van der Waals surface area contributed by atoms with E-state index < -0.39 is 0 Å². The SMILES string of the molecule is c1ccc2c(c1)NCCN2C1COC1. The number of hydrogen-bond donors (Lipinski definition) is 1. The molecule has 0 bridgehead atoms. The molecule has 0 aromatic heterocycles. The van der Waals surface area contributed by atoms with Crippen molar-refractivity contribution in [1.29, 1.82) is 0 Å². The summed E-state index contributed by atoms with van der Waals surface area (Å²) >= 11 is 0. The van der Waals surface area contributed by atoms with E-state index in [4.69, 9.17) is 4.74 Å². The molecule has 0 aliphatic carbocycles. The van der Waals surface area contributed by atoms with Crippen LogP contribution in [-0.2, 0) is 4.74 Å². The second kappa shape index (κ2) is 3.17. The summed E-state index contributed by atoms with van der Waals surface area (Å²) in [5.74, 6) is 0. The monoisotopic (exact) mass is 190 g/mol. The average molecular weight is 190 g/mol. The van der Waals surface area contributed by atoms with Crippen LogP contribution in [0.4, 0.5) is 11.4 Å². The summed E-state index contributed by atoms with van der Waals surface area (Å²) in [6.07, 6.45) is 0. The molecule has 1 fully saturated rings. The largest absolute Gasteiger partial charge is 0.382 e. The molecule has 0 amide bonds. The van der Waals surface area contributed by atoms with Gasteiger partial charge in [0.2, 0.25) is 0 Å². The van der Waals surface area contributed by atoms with Crippen molar-refractivity contribution in [1.82, 2.24) is 0 Å². The lowest BCUT2D eigenvalue weighted by Gasteiger charge is -2.42. The van der Waals surface area contributed by atoms with Gasteiger partial charge in [-0.2, -0.15) is 0 Å². The molecule has 3 rings (SSSR count). The Kier molecular flexibility index (Phi) is 1.84. The number of hydrogen-bond acceptors (Lipinski definition) is 3. The van der Waals surface area contributed by atoms with E-state index in [1.807, 2.05) is 0 Å². The molecule has 0 atom stereocenters. The van der Waals surface area contributed by atoms with Crippen LogP contribution in [0.1, 0.15) is 0 Å². The van der Waals surface area contributed by atoms with Crippen molar-refractivity contribution in [2.24, 2.45) is 0 Å². The van der Waals surface area contributed by atoms with Gasteiger partial charge in [-0.05, 0) is 12.1 Å². The third-order valence-corrected chi connectivity index (χ3v) is 2.94. The summed E-state index contributed by atoms with van der Waals surface area (Å²) in [6, 6.07) is 9.09. The fraction of sp³-hybridized carbons (Fsp3) is 0.455. The Morgan fingerprint density at radius 1 is 1.29 bits per heavy atom. The zero-order chi connectivity index (χ0) is 9.38. The van der Waals surface area contributed by atoms with Crippen LogP contribution in [-0.4, -0.2) is 32.3 Å². The fourth-order valence-electron chi connectivity index (χ4n) is 2.09. The van der Waals surface area contributed by atoms with Crippen LogP contribution in [0.5, 0.6) is 0 Å². The average Bonchev–Trinajstić information content (AvgIpc) is 2.16. The first-order valence-corrected chi connectivity index (χ1v) is 5.12. The summed E-state index contributed by atoms with van der Waals surface area (Å²) in [5, 5.41) is 3.41. The third kappa shape index (κ3) is 1.16. The Morgan fingerprint density at radius 3 is 2.93 bits per heavy atom. The van der Waals surface area contributed by atoms with Gasteiger partial charge in [0.25, 0.3) is 0 Å². The van der Waals surface area contributed by atoms with E-state index >= 15 is 0 Å². The van der Waals surface area contributed by atoms with Gasteiger partial charge in [0.1, 0.15) is 0 Å². The third-order valence-electron chi connectivity index (χ3n) is 2.94. The number of rotatable bonds is 1. The van der Waals surface area contributed by atoms with Gasteiger partial charge in [-0.3, -0.25) is 0 Å². The van der Waals surface area contributed by atoms with Crippen molar-refractivity contribution in [2.75, 3.05) is 36.5 Å². The molecule has 14 heavy (non-hydrogen) atoms. The topological polar surface area (TPSA) is 24.5 Å². The first kappa shape index (κ1) is 8.12. The molecule has 1 N–H and O–H groups in total. The maximum Gasteiger partial charge on any atom is 0.0758 e. The Bertz CT molecular complexity index is 336. The van der Waals surface area contributed by atoms with E-state index in [1.54, 1.807) is 0 Å². The molecule has 3 nitrogen and oxygen atoms in total. The molecule has 0 spiro atoms. The molecule has 2 aliphatic rings. The molecule has 2 aliphatic heterocycles. The number of nitrogens with zero attached hydrogens (tertiary/aromatic N) is 1. The normalized spacial score (nSPS) is 21.0. The molecule has 0 radical (unpaired) electrons. The lowest BCUT2D eigenvalue weighted by Crippen LogP contribution is -2.52. The van der Waals surface area contributed by atoms with Crippen LogP contribution >= 0.6 is 0 Å². The van der Waals surface area contributed by atoms with Crippen molar-refractivity contribution in [3.63, 3.8) is 0 Å². The molecule has 1 aromatic rings. The van der Waals surface area contributed by atoms with E-state index in [-0.39, 0.29) is 0 Å². The maximum atomic E-state index is 5.24. The molecule has 0 unspecified atom stereocenters. The standard InChI is InChI=1S/C11H14N2O/c1-2-4-11-10(3-1)12-5-6-13(11)9-7-14-8-9/h1-4,9,12H,5-8H2. The second-order valence-corrected chi connectivity index (χ2v) is 3.83. The van der Waals surface area contributed by atoms with E-state index in [0.717, 1.165) is 26.3 Å². The smallest absolute Gasteiger partial charge is 0.0758 e. The van der Waals surface area contributed by atoms with E-state index in [0.29, 0.717) is 6.04 Å². The molecule has 74 valence electrons. The Morgan fingerprint density at radius 2 is 2.14 bits per heavy atom. The molecule has 3 heteroatoms. The number of ether oxygens (including phenoxy) is 1. The van der Waals surface area contributed by atoms with Crippen molar-refractivity contribution in [2.45, 2.75) is 6.04 Å². The molecule has 1 saturated heterocycles. The highest BCUT2D eigenvalue weighted by atomic mass is 16.5. The van der Waals surface area contributed by atoms with Crippen molar-refractivity contribution < 1.29 is 4.74 Å². The van der Waals surface area contributed by atoms with Crippen LogP contribution < -0.4 is 10.2 Å². The van der Waals surface area contributed by atoms with Crippen molar-refractivity contribution in [3.05, 3.63) is 24.3 Å². The minimum Gasteiger partial charge on any atom is -0.382 e. The summed E-state index contributed by atoms with van der Waals surface area (Å²) in [7, 11) is 0. The van der Waals surface area contributed by atoms with Crippen molar-refractivity contribution >= 4 is 11.4 Å². The van der Waals surface area contributed by atoms with E-state index in [9.17, 15) is 0 Å². The zero-order valence-electron chi connectivity index (χ0n) is 8.07. The predicted molar refractivity (Wildman–Crippen MR) is 56.9 cm³/mol. The van der Waals surface area contributed by atoms with Gasteiger partial charge in [0.05, 0.1) is 30.6 Å². The van der Waals surface area contributed by atoms with E-state index in [2.05, 4.69) is 34.5 Å². The number of benzene rings is 1. The fourth-order valence-corrected chi connectivity index (χ4v) is 2.09. The van der Waals surface area contributed by atoms with Gasteiger partial charge >= 0.3 is 0 Å². The van der Waals surface area contributed by atoms with Crippen molar-refractivity contribution in [3.8, 4) is 0 Å². The van der Waals surface area contributed by atoms with Crippen LogP contribution in [0.15, 0.2) is 24.3 Å².